The molecule has 0 N–H and O–H groups in total. The third-order valence-electron chi connectivity index (χ3n) is 4.36. The number of anilines is 1. The van der Waals surface area contributed by atoms with Gasteiger partial charge in [0, 0.05) is 12.1 Å². The number of hydrogen-bond donors (Lipinski definition) is 0. The van der Waals surface area contributed by atoms with Crippen molar-refractivity contribution in [2.45, 2.75) is 20.3 Å². The van der Waals surface area contributed by atoms with Crippen LogP contribution in [0.1, 0.15) is 27.9 Å². The molecule has 4 nitrogen and oxygen atoms in total. The van der Waals surface area contributed by atoms with E-state index in [0.717, 1.165) is 45.0 Å². The van der Waals surface area contributed by atoms with E-state index in [1.54, 1.807) is 11.3 Å². The molecule has 0 aliphatic heterocycles. The molecular formula is C21H26ClN3OS. The maximum Gasteiger partial charge on any atom is 0.260 e. The molecule has 0 bridgehead atoms. The van der Waals surface area contributed by atoms with Gasteiger partial charge in [0.15, 0.2) is 5.13 Å². The first-order valence-corrected chi connectivity index (χ1v) is 9.67. The summed E-state index contributed by atoms with van der Waals surface area (Å²) >= 11 is 1.58. The smallest absolute Gasteiger partial charge is 0.260 e. The summed E-state index contributed by atoms with van der Waals surface area (Å²) in [5.74, 6) is 0.0281. The van der Waals surface area contributed by atoms with E-state index >= 15 is 0 Å². The molecule has 3 aromatic rings. The van der Waals surface area contributed by atoms with Crippen LogP contribution in [0.5, 0.6) is 0 Å². The maximum absolute atomic E-state index is 13.3. The van der Waals surface area contributed by atoms with Crippen LogP contribution in [-0.4, -0.2) is 43.0 Å². The van der Waals surface area contributed by atoms with Crippen molar-refractivity contribution in [3.8, 4) is 0 Å². The lowest BCUT2D eigenvalue weighted by atomic mass is 10.0. The van der Waals surface area contributed by atoms with Gasteiger partial charge in [-0.3, -0.25) is 9.69 Å². The molecule has 0 aliphatic carbocycles. The van der Waals surface area contributed by atoms with Crippen LogP contribution in [0.25, 0.3) is 10.2 Å². The first kappa shape index (κ1) is 21.4. The Morgan fingerprint density at radius 1 is 1.07 bits per heavy atom. The Labute approximate surface area is 171 Å². The zero-order valence-electron chi connectivity index (χ0n) is 16.2. The van der Waals surface area contributed by atoms with Crippen LogP contribution in [0.4, 0.5) is 5.13 Å². The molecule has 2 aromatic carbocycles. The molecule has 1 amide bonds. The van der Waals surface area contributed by atoms with E-state index < -0.39 is 0 Å². The van der Waals surface area contributed by atoms with Crippen LogP contribution in [-0.2, 0) is 0 Å². The SMILES string of the molecule is Cc1ccc(C(=O)N(CCCN(C)C)c2nc3ccccc3s2)c(C)c1.Cl. The zero-order chi connectivity index (χ0) is 18.7. The van der Waals surface area contributed by atoms with Crippen LogP contribution in [0.15, 0.2) is 42.5 Å². The Morgan fingerprint density at radius 3 is 2.48 bits per heavy atom. The van der Waals surface area contributed by atoms with E-state index in [9.17, 15) is 4.79 Å². The summed E-state index contributed by atoms with van der Waals surface area (Å²) in [6.07, 6.45) is 0.902. The second-order valence-electron chi connectivity index (χ2n) is 6.90. The van der Waals surface area contributed by atoms with Crippen LogP contribution in [0, 0.1) is 13.8 Å². The lowest BCUT2D eigenvalue weighted by Gasteiger charge is -2.22. The largest absolute Gasteiger partial charge is 0.309 e. The minimum Gasteiger partial charge on any atom is -0.309 e. The van der Waals surface area contributed by atoms with Gasteiger partial charge in [0.1, 0.15) is 0 Å². The van der Waals surface area contributed by atoms with Gasteiger partial charge in [0.05, 0.1) is 10.2 Å². The van der Waals surface area contributed by atoms with Crippen molar-refractivity contribution in [2.75, 3.05) is 32.1 Å². The summed E-state index contributed by atoms with van der Waals surface area (Å²) in [5, 5.41) is 0.773. The molecule has 0 saturated heterocycles. The molecule has 1 aromatic heterocycles. The second-order valence-corrected chi connectivity index (χ2v) is 7.91. The molecule has 27 heavy (non-hydrogen) atoms. The van der Waals surface area contributed by atoms with Gasteiger partial charge in [-0.15, -0.1) is 12.4 Å². The van der Waals surface area contributed by atoms with Crippen molar-refractivity contribution in [2.24, 2.45) is 0 Å². The quantitative estimate of drug-likeness (QED) is 0.585. The van der Waals surface area contributed by atoms with Crippen LogP contribution < -0.4 is 4.90 Å². The number of halogens is 1. The molecule has 0 spiro atoms. The Hall–Kier alpha value is -1.95. The third-order valence-corrected chi connectivity index (χ3v) is 5.42. The van der Waals surface area contributed by atoms with Gasteiger partial charge < -0.3 is 4.90 Å². The summed E-state index contributed by atoms with van der Waals surface area (Å²) in [6.45, 7) is 5.63. The highest BCUT2D eigenvalue weighted by atomic mass is 35.5. The minimum atomic E-state index is 0. The van der Waals surface area contributed by atoms with Crippen molar-refractivity contribution in [3.63, 3.8) is 0 Å². The lowest BCUT2D eigenvalue weighted by molar-refractivity contribution is 0.0985. The van der Waals surface area contributed by atoms with Gasteiger partial charge in [-0.25, -0.2) is 4.98 Å². The summed E-state index contributed by atoms with van der Waals surface area (Å²) in [7, 11) is 4.10. The van der Waals surface area contributed by atoms with Crippen molar-refractivity contribution in [1.29, 1.82) is 0 Å². The molecule has 0 radical (unpaired) electrons. The summed E-state index contributed by atoms with van der Waals surface area (Å²) < 4.78 is 1.11. The Bertz CT molecular complexity index is 890. The number of thiazole rings is 1. The fourth-order valence-corrected chi connectivity index (χ4v) is 3.99. The number of amides is 1. The molecule has 1 heterocycles. The molecule has 0 aliphatic rings. The predicted octanol–water partition coefficient (Wildman–Crippen LogP) is 4.93. The highest BCUT2D eigenvalue weighted by Crippen LogP contribution is 2.30. The first-order valence-electron chi connectivity index (χ1n) is 8.85. The lowest BCUT2D eigenvalue weighted by Crippen LogP contribution is -2.33. The summed E-state index contributed by atoms with van der Waals surface area (Å²) in [4.78, 5) is 22.0. The van der Waals surface area contributed by atoms with Gasteiger partial charge in [0.25, 0.3) is 5.91 Å². The zero-order valence-corrected chi connectivity index (χ0v) is 17.9. The van der Waals surface area contributed by atoms with Crippen molar-refractivity contribution in [3.05, 3.63) is 59.2 Å². The Balaban J connectivity index is 0.00000261. The predicted molar refractivity (Wildman–Crippen MR) is 118 cm³/mol. The van der Waals surface area contributed by atoms with Crippen LogP contribution in [0.3, 0.4) is 0 Å². The standard InChI is InChI=1S/C21H25N3OS.ClH/c1-15-10-11-17(16(2)14-15)20(25)24(13-7-12-23(3)4)21-22-18-8-5-6-9-19(18)26-21;/h5-6,8-11,14H,7,12-13H2,1-4H3;1H. The Morgan fingerprint density at radius 2 is 1.81 bits per heavy atom. The van der Waals surface area contributed by atoms with Crippen molar-refractivity contribution >= 4 is 45.0 Å². The number of carbonyl (C=O) groups is 1. The van der Waals surface area contributed by atoms with Gasteiger partial charge in [-0.2, -0.15) is 0 Å². The van der Waals surface area contributed by atoms with E-state index in [1.807, 2.05) is 63.2 Å². The van der Waals surface area contributed by atoms with Crippen molar-refractivity contribution in [1.82, 2.24) is 9.88 Å². The molecule has 3 rings (SSSR count). The van der Waals surface area contributed by atoms with E-state index in [4.69, 9.17) is 4.98 Å². The number of benzene rings is 2. The highest BCUT2D eigenvalue weighted by molar-refractivity contribution is 7.22. The number of nitrogens with zero attached hydrogens (tertiary/aromatic N) is 3. The molecule has 0 fully saturated rings. The average molecular weight is 404 g/mol. The number of carbonyl (C=O) groups excluding carboxylic acids is 1. The molecule has 0 saturated carbocycles. The number of para-hydroxylation sites is 1. The number of rotatable bonds is 6. The molecule has 144 valence electrons. The average Bonchev–Trinajstić information content (AvgIpc) is 3.01. The van der Waals surface area contributed by atoms with E-state index in [1.165, 1.54) is 0 Å². The number of fused-ring (bicyclic) bond motifs is 1. The normalized spacial score (nSPS) is 10.9. The molecular weight excluding hydrogens is 378 g/mol. The van der Waals surface area contributed by atoms with E-state index in [2.05, 4.69) is 17.0 Å². The fraction of sp³-hybridized carbons (Fsp3) is 0.333. The second kappa shape index (κ2) is 9.31. The van der Waals surface area contributed by atoms with E-state index in [-0.39, 0.29) is 18.3 Å². The van der Waals surface area contributed by atoms with Gasteiger partial charge in [0.2, 0.25) is 0 Å². The third kappa shape index (κ3) is 5.06. The monoisotopic (exact) mass is 403 g/mol. The first-order chi connectivity index (χ1) is 12.5. The van der Waals surface area contributed by atoms with Crippen LogP contribution >= 0.6 is 23.7 Å². The highest BCUT2D eigenvalue weighted by Gasteiger charge is 2.22. The van der Waals surface area contributed by atoms with Gasteiger partial charge >= 0.3 is 0 Å². The topological polar surface area (TPSA) is 36.4 Å². The fourth-order valence-electron chi connectivity index (χ4n) is 3.00. The number of aromatic nitrogens is 1. The summed E-state index contributed by atoms with van der Waals surface area (Å²) in [6, 6.07) is 14.0. The van der Waals surface area contributed by atoms with Crippen LogP contribution in [0.2, 0.25) is 0 Å². The van der Waals surface area contributed by atoms with Gasteiger partial charge in [-0.05, 0) is 64.7 Å². The molecule has 6 heteroatoms. The molecule has 0 atom stereocenters. The number of hydrogen-bond acceptors (Lipinski definition) is 4. The Kier molecular flexibility index (Phi) is 7.36. The molecule has 0 unspecified atom stereocenters. The van der Waals surface area contributed by atoms with Gasteiger partial charge in [-0.1, -0.05) is 41.2 Å². The van der Waals surface area contributed by atoms with E-state index in [0.29, 0.717) is 6.54 Å². The maximum atomic E-state index is 13.3. The minimum absolute atomic E-state index is 0. The summed E-state index contributed by atoms with van der Waals surface area (Å²) in [5.41, 5.74) is 3.87. The number of aryl methyl sites for hydroxylation is 2. The van der Waals surface area contributed by atoms with Crippen molar-refractivity contribution < 1.29 is 4.79 Å².